The fraction of sp³-hybridized carbons (Fsp3) is 0.0811. The van der Waals surface area contributed by atoms with Gasteiger partial charge in [0.15, 0.2) is 0 Å². The predicted molar refractivity (Wildman–Crippen MR) is 169 cm³/mol. The summed E-state index contributed by atoms with van der Waals surface area (Å²) in [5.74, 6) is 0.907. The zero-order valence-corrected chi connectivity index (χ0v) is 22.8. The van der Waals surface area contributed by atoms with Gasteiger partial charge in [-0.15, -0.1) is 0 Å². The number of benzene rings is 4. The number of anilines is 3. The van der Waals surface area contributed by atoms with Gasteiger partial charge in [-0.05, 0) is 53.6 Å². The van der Waals surface area contributed by atoms with Gasteiger partial charge in [0, 0.05) is 38.7 Å². The third kappa shape index (κ3) is 2.94. The van der Waals surface area contributed by atoms with E-state index in [0.717, 1.165) is 34.1 Å². The molecule has 4 aromatic carbocycles. The topological polar surface area (TPSA) is 33.4 Å². The lowest BCUT2D eigenvalue weighted by atomic mass is 9.73. The summed E-state index contributed by atoms with van der Waals surface area (Å²) in [6, 6.07) is 41.3. The Morgan fingerprint density at radius 1 is 0.610 bits per heavy atom. The number of fused-ring (bicyclic) bond motifs is 8. The normalized spacial score (nSPS) is 14.2. The van der Waals surface area contributed by atoms with Gasteiger partial charge in [-0.2, -0.15) is 0 Å². The summed E-state index contributed by atoms with van der Waals surface area (Å²) in [6.45, 7) is 4.63. The van der Waals surface area contributed by atoms with Crippen LogP contribution >= 0.6 is 0 Å². The molecule has 1 aliphatic rings. The minimum atomic E-state index is -0.166. The summed E-state index contributed by atoms with van der Waals surface area (Å²) in [5, 5.41) is 4.95. The largest absolute Gasteiger partial charge is 0.294 e. The van der Waals surface area contributed by atoms with E-state index >= 15 is 0 Å². The van der Waals surface area contributed by atoms with E-state index in [-0.39, 0.29) is 5.41 Å². The third-order valence-electron chi connectivity index (χ3n) is 8.98. The minimum Gasteiger partial charge on any atom is -0.294 e. The Bertz CT molecular complexity index is 2290. The molecule has 4 aromatic heterocycles. The summed E-state index contributed by atoms with van der Waals surface area (Å²) in [6.07, 6.45) is 1.85. The van der Waals surface area contributed by atoms with Crippen molar-refractivity contribution in [2.24, 2.45) is 0 Å². The molecule has 1 aliphatic heterocycles. The Hall–Kier alpha value is -5.22. The van der Waals surface area contributed by atoms with Gasteiger partial charge in [-0.25, -0.2) is 4.98 Å². The molecule has 41 heavy (non-hydrogen) atoms. The maximum absolute atomic E-state index is 5.46. The van der Waals surface area contributed by atoms with Crippen molar-refractivity contribution in [3.05, 3.63) is 133 Å². The smallest absolute Gasteiger partial charge is 0.148 e. The van der Waals surface area contributed by atoms with E-state index in [0.29, 0.717) is 0 Å². The van der Waals surface area contributed by atoms with Gasteiger partial charge in [-0.1, -0.05) is 86.6 Å². The molecule has 194 valence electrons. The molecule has 0 spiro atoms. The van der Waals surface area contributed by atoms with E-state index in [1.54, 1.807) is 0 Å². The van der Waals surface area contributed by atoms with Crippen LogP contribution in [0.1, 0.15) is 25.0 Å². The van der Waals surface area contributed by atoms with Crippen LogP contribution in [-0.2, 0) is 5.41 Å². The van der Waals surface area contributed by atoms with E-state index in [1.165, 1.54) is 43.7 Å². The molecule has 4 heteroatoms. The second-order valence-electron chi connectivity index (χ2n) is 11.5. The van der Waals surface area contributed by atoms with Crippen LogP contribution < -0.4 is 4.90 Å². The molecule has 0 fully saturated rings. The van der Waals surface area contributed by atoms with Gasteiger partial charge in [-0.3, -0.25) is 14.3 Å². The van der Waals surface area contributed by atoms with Crippen molar-refractivity contribution in [2.45, 2.75) is 19.3 Å². The molecule has 0 bridgehead atoms. The van der Waals surface area contributed by atoms with E-state index in [9.17, 15) is 0 Å². The molecule has 8 aromatic rings. The van der Waals surface area contributed by atoms with Crippen LogP contribution in [-0.4, -0.2) is 14.4 Å². The van der Waals surface area contributed by atoms with Crippen molar-refractivity contribution in [2.75, 3.05) is 4.90 Å². The lowest BCUT2D eigenvalue weighted by Crippen LogP contribution is -2.31. The van der Waals surface area contributed by atoms with Crippen LogP contribution in [0.25, 0.3) is 49.5 Å². The first-order valence-electron chi connectivity index (χ1n) is 14.1. The zero-order chi connectivity index (χ0) is 27.3. The third-order valence-corrected chi connectivity index (χ3v) is 8.98. The molecule has 0 aliphatic carbocycles. The Kier molecular flexibility index (Phi) is 4.36. The number of hydrogen-bond acceptors (Lipinski definition) is 3. The quantitative estimate of drug-likeness (QED) is 0.225. The second-order valence-corrected chi connectivity index (χ2v) is 11.5. The maximum atomic E-state index is 5.46. The number of hydrogen-bond donors (Lipinski definition) is 0. The SMILES string of the molecule is CC1(C)c2ccccc2N(c2ccc3c4cccc5c6ccccc6n(c3n2)c54)c2cc(-c3ccccn3)ccc21. The van der Waals surface area contributed by atoms with Crippen LogP contribution in [0.3, 0.4) is 0 Å². The van der Waals surface area contributed by atoms with Crippen molar-refractivity contribution < 1.29 is 0 Å². The van der Waals surface area contributed by atoms with Crippen molar-refractivity contribution in [3.8, 4) is 11.3 Å². The number of nitrogens with zero attached hydrogens (tertiary/aromatic N) is 4. The first-order chi connectivity index (χ1) is 20.1. The number of aromatic nitrogens is 3. The lowest BCUT2D eigenvalue weighted by Gasteiger charge is -2.41. The highest BCUT2D eigenvalue weighted by Gasteiger charge is 2.37. The van der Waals surface area contributed by atoms with Gasteiger partial charge in [0.1, 0.15) is 11.5 Å². The number of pyridine rings is 2. The summed E-state index contributed by atoms with van der Waals surface area (Å²) < 4.78 is 2.35. The number of rotatable bonds is 2. The molecule has 0 atom stereocenters. The Morgan fingerprint density at radius 2 is 1.37 bits per heavy atom. The van der Waals surface area contributed by atoms with Crippen LogP contribution in [0.5, 0.6) is 0 Å². The number of para-hydroxylation sites is 3. The fourth-order valence-electron chi connectivity index (χ4n) is 7.06. The maximum Gasteiger partial charge on any atom is 0.148 e. The van der Waals surface area contributed by atoms with Crippen LogP contribution in [0, 0.1) is 0 Å². The van der Waals surface area contributed by atoms with Crippen LogP contribution in [0.2, 0.25) is 0 Å². The average molecular weight is 527 g/mol. The monoisotopic (exact) mass is 526 g/mol. The van der Waals surface area contributed by atoms with E-state index in [4.69, 9.17) is 4.98 Å². The Morgan fingerprint density at radius 3 is 2.24 bits per heavy atom. The lowest BCUT2D eigenvalue weighted by molar-refractivity contribution is 0.631. The van der Waals surface area contributed by atoms with Crippen molar-refractivity contribution in [3.63, 3.8) is 0 Å². The molecule has 0 N–H and O–H groups in total. The molecule has 0 radical (unpaired) electrons. The highest BCUT2D eigenvalue weighted by Crippen LogP contribution is 2.52. The molecule has 0 saturated heterocycles. The molecule has 4 nitrogen and oxygen atoms in total. The highest BCUT2D eigenvalue weighted by atomic mass is 15.2. The summed E-state index contributed by atoms with van der Waals surface area (Å²) in [4.78, 5) is 12.5. The Balaban J connectivity index is 1.36. The van der Waals surface area contributed by atoms with Gasteiger partial charge in [0.25, 0.3) is 0 Å². The highest BCUT2D eigenvalue weighted by molar-refractivity contribution is 6.22. The summed E-state index contributed by atoms with van der Waals surface area (Å²) in [5.41, 5.74) is 10.2. The molecule has 0 amide bonds. The average Bonchev–Trinajstić information content (AvgIpc) is 3.54. The van der Waals surface area contributed by atoms with E-state index in [1.807, 2.05) is 18.3 Å². The Labute approximate surface area is 237 Å². The summed E-state index contributed by atoms with van der Waals surface area (Å²) in [7, 11) is 0. The van der Waals surface area contributed by atoms with Gasteiger partial charge < -0.3 is 0 Å². The molecule has 9 rings (SSSR count). The summed E-state index contributed by atoms with van der Waals surface area (Å²) >= 11 is 0. The molecular formula is C37H26N4. The van der Waals surface area contributed by atoms with Crippen molar-refractivity contribution in [1.29, 1.82) is 0 Å². The van der Waals surface area contributed by atoms with Gasteiger partial charge in [0.05, 0.1) is 28.1 Å². The zero-order valence-electron chi connectivity index (χ0n) is 22.8. The van der Waals surface area contributed by atoms with E-state index < -0.39 is 0 Å². The first kappa shape index (κ1) is 22.6. The standard InChI is InChI=1S/C37H26N4/c1-37(2)28-13-4-6-16-32(28)40(33-22-23(17-19-29(33)37)30-14-7-8-21-38-30)34-20-18-27-26-12-9-11-25-24-10-3-5-15-31(24)41(35(25)26)36(27)39-34/h3-22H,1-2H3. The molecule has 0 saturated carbocycles. The molecular weight excluding hydrogens is 500 g/mol. The fourth-order valence-corrected chi connectivity index (χ4v) is 7.06. The second kappa shape index (κ2) is 7.92. The van der Waals surface area contributed by atoms with Crippen LogP contribution in [0.4, 0.5) is 17.2 Å². The van der Waals surface area contributed by atoms with Gasteiger partial charge in [0.2, 0.25) is 0 Å². The predicted octanol–water partition coefficient (Wildman–Crippen LogP) is 9.40. The van der Waals surface area contributed by atoms with Gasteiger partial charge >= 0.3 is 0 Å². The van der Waals surface area contributed by atoms with Crippen molar-refractivity contribution in [1.82, 2.24) is 14.4 Å². The van der Waals surface area contributed by atoms with E-state index in [2.05, 4.69) is 131 Å². The molecule has 0 unspecified atom stereocenters. The first-order valence-corrected chi connectivity index (χ1v) is 14.1. The molecule has 5 heterocycles. The van der Waals surface area contributed by atoms with Crippen LogP contribution in [0.15, 0.2) is 121 Å². The van der Waals surface area contributed by atoms with Crippen molar-refractivity contribution >= 4 is 55.4 Å². The minimum absolute atomic E-state index is 0.166.